The highest BCUT2D eigenvalue weighted by atomic mass is 32.1. The Morgan fingerprint density at radius 2 is 1.97 bits per heavy atom. The zero-order valence-corrected chi connectivity index (χ0v) is 18.5. The molecule has 1 aliphatic heterocycles. The zero-order chi connectivity index (χ0) is 21.3. The molecule has 8 heteroatoms. The standard InChI is InChI=1S/C22H29FN4O2S/c1-14-13-30-20(24-14)22(8-4-5-9-22)26-21(28)25-17-6-7-19(18(23)10-17)27-11-15(2)29-16(3)12-27/h6-7,10,13,15-16H,4-5,8-9,11-12H2,1-3H3,(H2,25,26,28). The van der Waals surface area contributed by atoms with Crippen LogP contribution in [0.25, 0.3) is 0 Å². The number of amides is 2. The van der Waals surface area contributed by atoms with Crippen molar-refractivity contribution in [2.75, 3.05) is 23.3 Å². The van der Waals surface area contributed by atoms with Crippen molar-refractivity contribution in [3.05, 3.63) is 40.1 Å². The second kappa shape index (κ2) is 8.51. The van der Waals surface area contributed by atoms with Gasteiger partial charge >= 0.3 is 6.03 Å². The van der Waals surface area contributed by atoms with Crippen molar-refractivity contribution in [3.8, 4) is 0 Å². The van der Waals surface area contributed by atoms with Gasteiger partial charge in [-0.25, -0.2) is 14.2 Å². The minimum Gasteiger partial charge on any atom is -0.372 e. The SMILES string of the molecule is Cc1csc(C2(NC(=O)Nc3ccc(N4CC(C)OC(C)C4)c(F)c3)CCCC2)n1. The number of morpholine rings is 1. The van der Waals surface area contributed by atoms with Gasteiger partial charge in [0, 0.05) is 29.9 Å². The molecule has 2 amide bonds. The minimum absolute atomic E-state index is 0.0498. The number of rotatable bonds is 4. The van der Waals surface area contributed by atoms with E-state index in [1.54, 1.807) is 23.5 Å². The molecule has 1 aromatic carbocycles. The fourth-order valence-electron chi connectivity index (χ4n) is 4.54. The van der Waals surface area contributed by atoms with E-state index in [4.69, 9.17) is 4.74 Å². The maximum Gasteiger partial charge on any atom is 0.320 e. The molecule has 1 aromatic heterocycles. The normalized spacial score (nSPS) is 23.4. The summed E-state index contributed by atoms with van der Waals surface area (Å²) in [5.41, 5.74) is 1.51. The molecule has 0 spiro atoms. The van der Waals surface area contributed by atoms with E-state index in [1.807, 2.05) is 31.1 Å². The minimum atomic E-state index is -0.429. The van der Waals surface area contributed by atoms with E-state index < -0.39 is 5.54 Å². The number of benzene rings is 1. The lowest BCUT2D eigenvalue weighted by Gasteiger charge is -2.37. The van der Waals surface area contributed by atoms with Gasteiger partial charge in [0.25, 0.3) is 0 Å². The van der Waals surface area contributed by atoms with Gasteiger partial charge in [0.2, 0.25) is 0 Å². The first-order valence-electron chi connectivity index (χ1n) is 10.6. The molecule has 1 saturated carbocycles. The first kappa shape index (κ1) is 21.1. The summed E-state index contributed by atoms with van der Waals surface area (Å²) in [6.07, 6.45) is 3.95. The predicted molar refractivity (Wildman–Crippen MR) is 118 cm³/mol. The van der Waals surface area contributed by atoms with Crippen LogP contribution in [0, 0.1) is 12.7 Å². The smallest absolute Gasteiger partial charge is 0.320 e. The molecule has 2 unspecified atom stereocenters. The van der Waals surface area contributed by atoms with Gasteiger partial charge in [0.15, 0.2) is 0 Å². The number of ether oxygens (including phenoxy) is 1. The molecule has 2 atom stereocenters. The van der Waals surface area contributed by atoms with Crippen LogP contribution in [0.2, 0.25) is 0 Å². The number of urea groups is 1. The first-order chi connectivity index (χ1) is 14.3. The van der Waals surface area contributed by atoms with E-state index in [0.29, 0.717) is 24.5 Å². The van der Waals surface area contributed by atoms with Gasteiger partial charge in [-0.2, -0.15) is 0 Å². The van der Waals surface area contributed by atoms with Crippen molar-refractivity contribution in [2.45, 2.75) is 64.2 Å². The summed E-state index contributed by atoms with van der Waals surface area (Å²) in [6, 6.07) is 4.53. The third kappa shape index (κ3) is 4.44. The summed E-state index contributed by atoms with van der Waals surface area (Å²) in [4.78, 5) is 19.4. The maximum absolute atomic E-state index is 14.8. The summed E-state index contributed by atoms with van der Waals surface area (Å²) in [7, 11) is 0. The Bertz CT molecular complexity index is 902. The van der Waals surface area contributed by atoms with E-state index in [9.17, 15) is 9.18 Å². The number of aromatic nitrogens is 1. The van der Waals surface area contributed by atoms with Gasteiger partial charge in [-0.15, -0.1) is 11.3 Å². The van der Waals surface area contributed by atoms with Crippen molar-refractivity contribution in [2.24, 2.45) is 0 Å². The number of hydrogen-bond acceptors (Lipinski definition) is 5. The molecule has 2 heterocycles. The van der Waals surface area contributed by atoms with E-state index >= 15 is 0 Å². The van der Waals surface area contributed by atoms with Gasteiger partial charge in [-0.05, 0) is 51.8 Å². The second-order valence-electron chi connectivity index (χ2n) is 8.49. The monoisotopic (exact) mass is 432 g/mol. The molecule has 2 fully saturated rings. The van der Waals surface area contributed by atoms with Gasteiger partial charge in [0.05, 0.1) is 23.4 Å². The van der Waals surface area contributed by atoms with E-state index in [-0.39, 0.29) is 24.1 Å². The van der Waals surface area contributed by atoms with Crippen LogP contribution in [0.5, 0.6) is 0 Å². The molecule has 0 radical (unpaired) electrons. The molecule has 6 nitrogen and oxygen atoms in total. The second-order valence-corrected chi connectivity index (χ2v) is 9.35. The lowest BCUT2D eigenvalue weighted by Crippen LogP contribution is -2.46. The molecule has 1 aliphatic carbocycles. The summed E-state index contributed by atoms with van der Waals surface area (Å²) in [6.45, 7) is 7.23. The third-order valence-corrected chi connectivity index (χ3v) is 6.97. The van der Waals surface area contributed by atoms with E-state index in [0.717, 1.165) is 36.4 Å². The summed E-state index contributed by atoms with van der Waals surface area (Å²) in [5, 5.41) is 8.89. The average molecular weight is 433 g/mol. The Morgan fingerprint density at radius 1 is 1.27 bits per heavy atom. The fraction of sp³-hybridized carbons (Fsp3) is 0.545. The number of halogens is 1. The molecule has 1 saturated heterocycles. The lowest BCUT2D eigenvalue weighted by atomic mass is 9.99. The summed E-state index contributed by atoms with van der Waals surface area (Å²) >= 11 is 1.59. The van der Waals surface area contributed by atoms with Crippen LogP contribution >= 0.6 is 11.3 Å². The van der Waals surface area contributed by atoms with Crippen molar-refractivity contribution in [1.29, 1.82) is 0 Å². The molecule has 0 bridgehead atoms. The Morgan fingerprint density at radius 3 is 2.57 bits per heavy atom. The van der Waals surface area contributed by atoms with Crippen LogP contribution in [0.3, 0.4) is 0 Å². The number of anilines is 2. The van der Waals surface area contributed by atoms with Crippen molar-refractivity contribution in [3.63, 3.8) is 0 Å². The van der Waals surface area contributed by atoms with E-state index in [1.165, 1.54) is 6.07 Å². The molecule has 162 valence electrons. The Hall–Kier alpha value is -2.19. The number of thiazole rings is 1. The van der Waals surface area contributed by atoms with Crippen LogP contribution in [0.4, 0.5) is 20.6 Å². The van der Waals surface area contributed by atoms with Crippen LogP contribution in [0.15, 0.2) is 23.6 Å². The highest BCUT2D eigenvalue weighted by Gasteiger charge is 2.39. The van der Waals surface area contributed by atoms with Crippen LogP contribution in [-0.2, 0) is 10.3 Å². The maximum atomic E-state index is 14.8. The molecule has 30 heavy (non-hydrogen) atoms. The van der Waals surface area contributed by atoms with Gasteiger partial charge in [0.1, 0.15) is 10.8 Å². The average Bonchev–Trinajstić information content (AvgIpc) is 3.31. The summed E-state index contributed by atoms with van der Waals surface area (Å²) in [5.74, 6) is -0.347. The number of hydrogen-bond donors (Lipinski definition) is 2. The van der Waals surface area contributed by atoms with Crippen molar-refractivity contribution >= 4 is 28.7 Å². The third-order valence-electron chi connectivity index (χ3n) is 5.80. The van der Waals surface area contributed by atoms with Crippen molar-refractivity contribution < 1.29 is 13.9 Å². The fourth-order valence-corrected chi connectivity index (χ4v) is 5.55. The van der Waals surface area contributed by atoms with Gasteiger partial charge < -0.3 is 20.3 Å². The number of carbonyl (C=O) groups is 1. The molecular formula is C22H29FN4O2S. The quantitative estimate of drug-likeness (QED) is 0.729. The number of aryl methyl sites for hydroxylation is 1. The first-order valence-corrected chi connectivity index (χ1v) is 11.4. The van der Waals surface area contributed by atoms with Crippen molar-refractivity contribution in [1.82, 2.24) is 10.3 Å². The van der Waals surface area contributed by atoms with E-state index in [2.05, 4.69) is 15.6 Å². The van der Waals surface area contributed by atoms with Crippen LogP contribution < -0.4 is 15.5 Å². The van der Waals surface area contributed by atoms with Gasteiger partial charge in [-0.3, -0.25) is 0 Å². The molecular weight excluding hydrogens is 403 g/mol. The zero-order valence-electron chi connectivity index (χ0n) is 17.7. The molecule has 2 N–H and O–H groups in total. The Balaban J connectivity index is 1.45. The number of carbonyl (C=O) groups excluding carboxylic acids is 1. The molecule has 2 aromatic rings. The highest BCUT2D eigenvalue weighted by molar-refractivity contribution is 7.09. The summed E-state index contributed by atoms with van der Waals surface area (Å²) < 4.78 is 20.6. The molecule has 2 aliphatic rings. The number of nitrogens with zero attached hydrogens (tertiary/aromatic N) is 2. The number of nitrogens with one attached hydrogen (secondary N) is 2. The topological polar surface area (TPSA) is 66.5 Å². The predicted octanol–water partition coefficient (Wildman–Crippen LogP) is 4.80. The molecule has 4 rings (SSSR count). The largest absolute Gasteiger partial charge is 0.372 e. The van der Waals surface area contributed by atoms with Crippen LogP contribution in [-0.4, -0.2) is 36.3 Å². The van der Waals surface area contributed by atoms with Gasteiger partial charge in [-0.1, -0.05) is 12.8 Å². The Kier molecular flexibility index (Phi) is 5.97. The Labute approximate surface area is 180 Å². The van der Waals surface area contributed by atoms with Crippen LogP contribution in [0.1, 0.15) is 50.2 Å². The highest BCUT2D eigenvalue weighted by Crippen LogP contribution is 2.40. The lowest BCUT2D eigenvalue weighted by molar-refractivity contribution is -0.00539.